The number of carbonyl (C=O) groups is 1. The Morgan fingerprint density at radius 1 is 1.26 bits per heavy atom. The van der Waals surface area contributed by atoms with E-state index in [4.69, 9.17) is 9.63 Å². The molecule has 0 spiro atoms. The first kappa shape index (κ1) is 16.7. The van der Waals surface area contributed by atoms with Crippen LogP contribution in [-0.4, -0.2) is 27.4 Å². The lowest BCUT2D eigenvalue weighted by Crippen LogP contribution is -2.08. The summed E-state index contributed by atoms with van der Waals surface area (Å²) in [4.78, 5) is 14.7. The lowest BCUT2D eigenvalue weighted by Gasteiger charge is -2.06. The highest BCUT2D eigenvalue weighted by Crippen LogP contribution is 2.23. The molecule has 0 unspecified atom stereocenters. The standard InChI is InChI=1S/C15H13F3N2O3/c1-9(14(21)22)8-12-19-13(20-23-12)11-4-2-10(3-5-11)6-7-15(16,17)18/h2-5H,1,6-8H2,(H,21,22). The molecule has 0 fully saturated rings. The molecule has 0 amide bonds. The van der Waals surface area contributed by atoms with Gasteiger partial charge >= 0.3 is 12.1 Å². The molecule has 5 nitrogen and oxygen atoms in total. The van der Waals surface area contributed by atoms with Crippen LogP contribution in [0.5, 0.6) is 0 Å². The van der Waals surface area contributed by atoms with Crippen molar-refractivity contribution in [3.05, 3.63) is 47.9 Å². The van der Waals surface area contributed by atoms with E-state index in [1.165, 1.54) is 0 Å². The summed E-state index contributed by atoms with van der Waals surface area (Å²) in [5, 5.41) is 12.4. The van der Waals surface area contributed by atoms with Gasteiger partial charge in [0.25, 0.3) is 0 Å². The molecule has 1 aromatic heterocycles. The van der Waals surface area contributed by atoms with E-state index in [9.17, 15) is 18.0 Å². The Kier molecular flexibility index (Phi) is 4.83. The lowest BCUT2D eigenvalue weighted by atomic mass is 10.1. The zero-order valence-corrected chi connectivity index (χ0v) is 11.9. The smallest absolute Gasteiger partial charge is 0.389 e. The van der Waals surface area contributed by atoms with Crippen molar-refractivity contribution in [3.8, 4) is 11.4 Å². The van der Waals surface area contributed by atoms with Crippen LogP contribution in [0.2, 0.25) is 0 Å². The molecule has 0 atom stereocenters. The minimum absolute atomic E-state index is 0.0774. The molecule has 0 radical (unpaired) electrons. The Hall–Kier alpha value is -2.64. The average Bonchev–Trinajstić information content (AvgIpc) is 2.93. The molecule has 1 N–H and O–H groups in total. The Morgan fingerprint density at radius 3 is 2.48 bits per heavy atom. The summed E-state index contributed by atoms with van der Waals surface area (Å²) in [7, 11) is 0. The summed E-state index contributed by atoms with van der Waals surface area (Å²) < 4.78 is 41.4. The highest BCUT2D eigenvalue weighted by molar-refractivity contribution is 5.86. The van der Waals surface area contributed by atoms with Crippen LogP contribution in [-0.2, 0) is 17.6 Å². The average molecular weight is 326 g/mol. The second-order valence-corrected chi connectivity index (χ2v) is 4.91. The van der Waals surface area contributed by atoms with Crippen molar-refractivity contribution in [1.82, 2.24) is 10.1 Å². The van der Waals surface area contributed by atoms with Crippen molar-refractivity contribution in [2.24, 2.45) is 0 Å². The Morgan fingerprint density at radius 2 is 1.91 bits per heavy atom. The fourth-order valence-electron chi connectivity index (χ4n) is 1.81. The van der Waals surface area contributed by atoms with Gasteiger partial charge in [0, 0.05) is 17.6 Å². The van der Waals surface area contributed by atoms with E-state index >= 15 is 0 Å². The third-order valence-corrected chi connectivity index (χ3v) is 3.04. The Labute approximate surface area is 129 Å². The topological polar surface area (TPSA) is 76.2 Å². The van der Waals surface area contributed by atoms with Crippen LogP contribution in [0.4, 0.5) is 13.2 Å². The third kappa shape index (κ3) is 4.94. The van der Waals surface area contributed by atoms with Crippen molar-refractivity contribution < 1.29 is 27.6 Å². The largest absolute Gasteiger partial charge is 0.478 e. The first-order valence-corrected chi connectivity index (χ1v) is 6.64. The molecule has 0 aliphatic heterocycles. The molecular formula is C15H13F3N2O3. The van der Waals surface area contributed by atoms with Gasteiger partial charge in [0.15, 0.2) is 0 Å². The first-order valence-electron chi connectivity index (χ1n) is 6.64. The Bertz CT molecular complexity index is 706. The number of aliphatic carboxylic acids is 1. The Balaban J connectivity index is 2.04. The van der Waals surface area contributed by atoms with Crippen molar-refractivity contribution in [2.75, 3.05) is 0 Å². The van der Waals surface area contributed by atoms with Crippen molar-refractivity contribution in [1.29, 1.82) is 0 Å². The number of carboxylic acid groups (broad SMARTS) is 1. The van der Waals surface area contributed by atoms with Gasteiger partial charge in [-0.05, 0) is 12.0 Å². The SMILES string of the molecule is C=C(Cc1nc(-c2ccc(CCC(F)(F)F)cc2)no1)C(=O)O. The second-order valence-electron chi connectivity index (χ2n) is 4.91. The van der Waals surface area contributed by atoms with Gasteiger partial charge in [0.2, 0.25) is 11.7 Å². The first-order chi connectivity index (χ1) is 10.7. The molecule has 1 heterocycles. The number of nitrogens with zero attached hydrogens (tertiary/aromatic N) is 2. The molecule has 0 aliphatic carbocycles. The van der Waals surface area contributed by atoms with Crippen LogP contribution in [0.3, 0.4) is 0 Å². The van der Waals surface area contributed by atoms with Gasteiger partial charge in [-0.15, -0.1) is 0 Å². The number of hydrogen-bond acceptors (Lipinski definition) is 4. The molecule has 0 saturated heterocycles. The van der Waals surface area contributed by atoms with Gasteiger partial charge in [-0.2, -0.15) is 18.2 Å². The molecule has 122 valence electrons. The summed E-state index contributed by atoms with van der Waals surface area (Å²) in [6, 6.07) is 6.30. The van der Waals surface area contributed by atoms with E-state index in [-0.39, 0.29) is 30.1 Å². The summed E-state index contributed by atoms with van der Waals surface area (Å²) in [5.41, 5.74) is 1.04. The number of carboxylic acids is 1. The summed E-state index contributed by atoms with van der Waals surface area (Å²) in [6.45, 7) is 3.36. The van der Waals surface area contributed by atoms with Crippen LogP contribution in [0.15, 0.2) is 40.9 Å². The van der Waals surface area contributed by atoms with Gasteiger partial charge in [-0.3, -0.25) is 0 Å². The quantitative estimate of drug-likeness (QED) is 0.823. The van der Waals surface area contributed by atoms with Crippen molar-refractivity contribution in [2.45, 2.75) is 25.4 Å². The van der Waals surface area contributed by atoms with Crippen LogP contribution in [0.1, 0.15) is 17.9 Å². The van der Waals surface area contributed by atoms with Crippen LogP contribution in [0, 0.1) is 0 Å². The summed E-state index contributed by atoms with van der Waals surface area (Å²) in [6.07, 6.45) is -5.24. The minimum Gasteiger partial charge on any atom is -0.478 e. The molecule has 0 saturated carbocycles. The fourth-order valence-corrected chi connectivity index (χ4v) is 1.81. The van der Waals surface area contributed by atoms with E-state index in [2.05, 4.69) is 16.7 Å². The van der Waals surface area contributed by atoms with E-state index < -0.39 is 18.6 Å². The number of benzene rings is 1. The van der Waals surface area contributed by atoms with Gasteiger partial charge in [-0.25, -0.2) is 4.79 Å². The number of aryl methyl sites for hydroxylation is 1. The molecule has 0 aliphatic rings. The van der Waals surface area contributed by atoms with Crippen LogP contribution in [0.25, 0.3) is 11.4 Å². The van der Waals surface area contributed by atoms with Gasteiger partial charge in [0.05, 0.1) is 6.42 Å². The molecule has 1 aromatic carbocycles. The van der Waals surface area contributed by atoms with Crippen molar-refractivity contribution >= 4 is 5.97 Å². The van der Waals surface area contributed by atoms with E-state index in [1.807, 2.05) is 0 Å². The highest BCUT2D eigenvalue weighted by Gasteiger charge is 2.26. The van der Waals surface area contributed by atoms with Crippen LogP contribution >= 0.6 is 0 Å². The maximum Gasteiger partial charge on any atom is 0.389 e. The monoisotopic (exact) mass is 326 g/mol. The lowest BCUT2D eigenvalue weighted by molar-refractivity contribution is -0.134. The van der Waals surface area contributed by atoms with E-state index in [0.29, 0.717) is 11.1 Å². The van der Waals surface area contributed by atoms with E-state index in [0.717, 1.165) is 0 Å². The molecule has 0 bridgehead atoms. The zero-order valence-electron chi connectivity index (χ0n) is 11.9. The molecule has 2 aromatic rings. The predicted molar refractivity (Wildman–Crippen MR) is 74.6 cm³/mol. The van der Waals surface area contributed by atoms with Gasteiger partial charge in [-0.1, -0.05) is 36.0 Å². The highest BCUT2D eigenvalue weighted by atomic mass is 19.4. The van der Waals surface area contributed by atoms with E-state index in [1.54, 1.807) is 24.3 Å². The normalized spacial score (nSPS) is 11.4. The number of aromatic nitrogens is 2. The second kappa shape index (κ2) is 6.64. The van der Waals surface area contributed by atoms with Crippen LogP contribution < -0.4 is 0 Å². The third-order valence-electron chi connectivity index (χ3n) is 3.04. The maximum atomic E-state index is 12.2. The molecular weight excluding hydrogens is 313 g/mol. The molecule has 2 rings (SSSR count). The minimum atomic E-state index is -4.19. The molecule has 8 heteroatoms. The number of hydrogen-bond donors (Lipinski definition) is 1. The van der Waals surface area contributed by atoms with Crippen molar-refractivity contribution in [3.63, 3.8) is 0 Å². The summed E-state index contributed by atoms with van der Waals surface area (Å²) in [5.74, 6) is -0.812. The predicted octanol–water partition coefficient (Wildman–Crippen LogP) is 3.41. The maximum absolute atomic E-state index is 12.2. The fraction of sp³-hybridized carbons (Fsp3) is 0.267. The summed E-state index contributed by atoms with van der Waals surface area (Å²) >= 11 is 0. The molecule has 23 heavy (non-hydrogen) atoms. The van der Waals surface area contributed by atoms with Gasteiger partial charge in [0.1, 0.15) is 0 Å². The van der Waals surface area contributed by atoms with Gasteiger partial charge < -0.3 is 9.63 Å². The number of rotatable bonds is 6. The number of alkyl halides is 3. The number of halogens is 3. The zero-order chi connectivity index (χ0) is 17.0.